The van der Waals surface area contributed by atoms with E-state index in [0.29, 0.717) is 22.3 Å². The molecule has 0 fully saturated rings. The first-order chi connectivity index (χ1) is 8.56. The van der Waals surface area contributed by atoms with Crippen molar-refractivity contribution in [1.82, 2.24) is 4.98 Å². The number of pyridine rings is 1. The molecule has 18 heavy (non-hydrogen) atoms. The van der Waals surface area contributed by atoms with Gasteiger partial charge in [-0.3, -0.25) is 10.1 Å². The van der Waals surface area contributed by atoms with Crippen LogP contribution in [0.5, 0.6) is 5.75 Å². The summed E-state index contributed by atoms with van der Waals surface area (Å²) in [5.74, 6) is 0.449. The highest BCUT2D eigenvalue weighted by molar-refractivity contribution is 5.91. The van der Waals surface area contributed by atoms with E-state index in [1.807, 2.05) is 13.0 Å². The highest BCUT2D eigenvalue weighted by Crippen LogP contribution is 2.31. The van der Waals surface area contributed by atoms with E-state index in [1.54, 1.807) is 12.1 Å². The number of aryl methyl sites for hydroxylation is 1. The third-order valence-electron chi connectivity index (χ3n) is 2.73. The lowest BCUT2D eigenvalue weighted by molar-refractivity contribution is -0.383. The van der Waals surface area contributed by atoms with Crippen LogP contribution in [0.2, 0.25) is 0 Å². The van der Waals surface area contributed by atoms with Gasteiger partial charge in [-0.15, -0.1) is 0 Å². The van der Waals surface area contributed by atoms with Crippen LogP contribution in [0.4, 0.5) is 5.69 Å². The molecule has 0 aliphatic carbocycles. The van der Waals surface area contributed by atoms with Gasteiger partial charge in [0, 0.05) is 5.39 Å². The quantitative estimate of drug-likeness (QED) is 0.614. The smallest absolute Gasteiger partial charge is 0.299 e. The van der Waals surface area contributed by atoms with E-state index in [-0.39, 0.29) is 5.69 Å². The number of nitrogens with zero attached hydrogens (tertiary/aromatic N) is 2. The van der Waals surface area contributed by atoms with Gasteiger partial charge < -0.3 is 4.74 Å². The van der Waals surface area contributed by atoms with Gasteiger partial charge in [-0.05, 0) is 30.7 Å². The molecule has 0 bridgehead atoms. The Kier molecular flexibility index (Phi) is 2.97. The Labute approximate surface area is 104 Å². The molecule has 5 nitrogen and oxygen atoms in total. The van der Waals surface area contributed by atoms with Crippen LogP contribution in [0.3, 0.4) is 0 Å². The molecule has 0 radical (unpaired) electrons. The first-order valence-corrected chi connectivity index (χ1v) is 5.33. The van der Waals surface area contributed by atoms with Crippen LogP contribution >= 0.6 is 0 Å². The van der Waals surface area contributed by atoms with Crippen LogP contribution in [0.15, 0.2) is 24.8 Å². The average Bonchev–Trinajstić information content (AvgIpc) is 2.37. The maximum Gasteiger partial charge on any atom is 0.299 e. The normalized spacial score (nSPS) is 10.3. The molecule has 0 aliphatic heterocycles. The fraction of sp³-hybridized carbons (Fsp3) is 0.154. The van der Waals surface area contributed by atoms with Crippen LogP contribution < -0.4 is 4.74 Å². The van der Waals surface area contributed by atoms with Gasteiger partial charge in [-0.1, -0.05) is 6.58 Å². The number of non-ortho nitro benzene ring substituents is 1. The van der Waals surface area contributed by atoms with Crippen LogP contribution in [-0.4, -0.2) is 17.0 Å². The molecular weight excluding hydrogens is 232 g/mol. The van der Waals surface area contributed by atoms with Crippen LogP contribution in [0, 0.1) is 17.0 Å². The number of aromatic nitrogens is 1. The SMILES string of the molecule is C=Cc1cc(C)c2cc(OC)cc([N+](=O)[O-])c2n1. The van der Waals surface area contributed by atoms with Gasteiger partial charge in [0.25, 0.3) is 5.69 Å². The largest absolute Gasteiger partial charge is 0.496 e. The number of nitro groups is 1. The van der Waals surface area contributed by atoms with Crippen molar-refractivity contribution in [2.24, 2.45) is 0 Å². The maximum atomic E-state index is 11.1. The van der Waals surface area contributed by atoms with Crippen molar-refractivity contribution in [3.05, 3.63) is 46.1 Å². The molecule has 92 valence electrons. The van der Waals surface area contributed by atoms with Gasteiger partial charge in [0.1, 0.15) is 11.3 Å². The highest BCUT2D eigenvalue weighted by Gasteiger charge is 2.17. The lowest BCUT2D eigenvalue weighted by atomic mass is 10.1. The summed E-state index contributed by atoms with van der Waals surface area (Å²) < 4.78 is 5.07. The van der Waals surface area contributed by atoms with E-state index >= 15 is 0 Å². The summed E-state index contributed by atoms with van der Waals surface area (Å²) in [6, 6.07) is 4.96. The lowest BCUT2D eigenvalue weighted by Gasteiger charge is -2.07. The molecule has 0 unspecified atom stereocenters. The second kappa shape index (κ2) is 4.44. The molecule has 1 aromatic heterocycles. The van der Waals surface area contributed by atoms with Gasteiger partial charge in [-0.25, -0.2) is 4.98 Å². The van der Waals surface area contributed by atoms with E-state index in [2.05, 4.69) is 11.6 Å². The van der Waals surface area contributed by atoms with Gasteiger partial charge >= 0.3 is 0 Å². The average molecular weight is 244 g/mol. The summed E-state index contributed by atoms with van der Waals surface area (Å²) in [4.78, 5) is 14.9. The third-order valence-corrected chi connectivity index (χ3v) is 2.73. The van der Waals surface area contributed by atoms with E-state index in [1.165, 1.54) is 13.2 Å². The molecule has 5 heteroatoms. The molecule has 0 spiro atoms. The fourth-order valence-electron chi connectivity index (χ4n) is 1.83. The van der Waals surface area contributed by atoms with Crippen molar-refractivity contribution in [3.63, 3.8) is 0 Å². The molecule has 1 aromatic carbocycles. The van der Waals surface area contributed by atoms with Crippen LogP contribution in [0.1, 0.15) is 11.3 Å². The number of methoxy groups -OCH3 is 1. The Bertz CT molecular complexity index is 650. The summed E-state index contributed by atoms with van der Waals surface area (Å²) in [7, 11) is 1.48. The van der Waals surface area contributed by atoms with Gasteiger partial charge in [0.2, 0.25) is 0 Å². The predicted molar refractivity (Wildman–Crippen MR) is 69.8 cm³/mol. The minimum Gasteiger partial charge on any atom is -0.496 e. The Morgan fingerprint density at radius 2 is 2.17 bits per heavy atom. The first kappa shape index (κ1) is 12.0. The third kappa shape index (κ3) is 1.90. The van der Waals surface area contributed by atoms with Crippen molar-refractivity contribution in [3.8, 4) is 5.75 Å². The number of fused-ring (bicyclic) bond motifs is 1. The van der Waals surface area contributed by atoms with E-state index in [0.717, 1.165) is 5.56 Å². The predicted octanol–water partition coefficient (Wildman–Crippen LogP) is 3.10. The van der Waals surface area contributed by atoms with Gasteiger partial charge in [-0.2, -0.15) is 0 Å². The molecule has 2 aromatic rings. The molecular formula is C13H12N2O3. The molecule has 0 atom stereocenters. The Balaban J connectivity index is 2.90. The van der Waals surface area contributed by atoms with Crippen molar-refractivity contribution >= 4 is 22.7 Å². The zero-order valence-corrected chi connectivity index (χ0v) is 10.1. The van der Waals surface area contributed by atoms with Crippen molar-refractivity contribution in [1.29, 1.82) is 0 Å². The number of rotatable bonds is 3. The minimum absolute atomic E-state index is 0.0591. The molecule has 2 rings (SSSR count). The molecule has 0 amide bonds. The second-order valence-corrected chi connectivity index (χ2v) is 3.87. The summed E-state index contributed by atoms with van der Waals surface area (Å²) in [6.07, 6.45) is 1.57. The number of benzene rings is 1. The summed E-state index contributed by atoms with van der Waals surface area (Å²) in [5, 5.41) is 11.8. The Hall–Kier alpha value is -2.43. The molecule has 0 N–H and O–H groups in total. The van der Waals surface area contributed by atoms with E-state index < -0.39 is 4.92 Å². The highest BCUT2D eigenvalue weighted by atomic mass is 16.6. The Morgan fingerprint density at radius 1 is 1.44 bits per heavy atom. The lowest BCUT2D eigenvalue weighted by Crippen LogP contribution is -1.96. The maximum absolute atomic E-state index is 11.1. The monoisotopic (exact) mass is 244 g/mol. The molecule has 0 saturated heterocycles. The van der Waals surface area contributed by atoms with Crippen molar-refractivity contribution < 1.29 is 9.66 Å². The zero-order valence-electron chi connectivity index (χ0n) is 10.1. The summed E-state index contributed by atoms with van der Waals surface area (Å²) >= 11 is 0. The van der Waals surface area contributed by atoms with E-state index in [4.69, 9.17) is 4.74 Å². The first-order valence-electron chi connectivity index (χ1n) is 5.33. The molecule has 0 aliphatic rings. The second-order valence-electron chi connectivity index (χ2n) is 3.87. The fourth-order valence-corrected chi connectivity index (χ4v) is 1.83. The standard InChI is InChI=1S/C13H12N2O3/c1-4-9-5-8(2)11-6-10(18-3)7-12(15(16)17)13(11)14-9/h4-7H,1H2,2-3H3. The van der Waals surface area contributed by atoms with E-state index in [9.17, 15) is 10.1 Å². The summed E-state index contributed by atoms with van der Waals surface area (Å²) in [5.41, 5.74) is 1.82. The van der Waals surface area contributed by atoms with Crippen LogP contribution in [0.25, 0.3) is 17.0 Å². The van der Waals surface area contributed by atoms with Gasteiger partial charge in [0.15, 0.2) is 0 Å². The Morgan fingerprint density at radius 3 is 2.72 bits per heavy atom. The van der Waals surface area contributed by atoms with Gasteiger partial charge in [0.05, 0.1) is 23.8 Å². The van der Waals surface area contributed by atoms with Crippen molar-refractivity contribution in [2.45, 2.75) is 6.92 Å². The topological polar surface area (TPSA) is 65.3 Å². The zero-order chi connectivity index (χ0) is 13.3. The summed E-state index contributed by atoms with van der Waals surface area (Å²) in [6.45, 7) is 5.51. The van der Waals surface area contributed by atoms with Crippen LogP contribution in [-0.2, 0) is 0 Å². The number of hydrogen-bond acceptors (Lipinski definition) is 4. The van der Waals surface area contributed by atoms with Crippen molar-refractivity contribution in [2.75, 3.05) is 7.11 Å². The number of hydrogen-bond donors (Lipinski definition) is 0. The molecule has 0 saturated carbocycles. The number of nitro benzene ring substituents is 1. The minimum atomic E-state index is -0.454. The number of ether oxygens (including phenoxy) is 1. The molecule has 1 heterocycles.